The van der Waals surface area contributed by atoms with Crippen molar-refractivity contribution >= 4 is 0 Å². The molecule has 0 amide bonds. The number of ether oxygens (including phenoxy) is 1. The molecular weight excluding hydrogens is 416 g/mol. The Balaban J connectivity index is 2.34. The minimum Gasteiger partial charge on any atom is -0.453 e. The Morgan fingerprint density at radius 3 is 2.03 bits per heavy atom. The number of aromatic nitrogens is 2. The zero-order valence-corrected chi connectivity index (χ0v) is 22.4. The van der Waals surface area contributed by atoms with Crippen molar-refractivity contribution in [1.82, 2.24) is 9.97 Å². The molecule has 0 aliphatic carbocycles. The molecule has 34 heavy (non-hydrogen) atoms. The van der Waals surface area contributed by atoms with E-state index >= 15 is 0 Å². The second-order valence-corrected chi connectivity index (χ2v) is 11.1. The van der Waals surface area contributed by atoms with Crippen LogP contribution in [0.3, 0.4) is 0 Å². The largest absolute Gasteiger partial charge is 0.453 e. The van der Waals surface area contributed by atoms with Crippen LogP contribution in [0.5, 0.6) is 6.01 Å². The molecule has 0 N–H and O–H groups in total. The fourth-order valence-electron chi connectivity index (χ4n) is 3.63. The average molecular weight is 457 g/mol. The monoisotopic (exact) mass is 456 g/mol. The number of nitrogens with zero attached hydrogens (tertiary/aromatic N) is 2. The topological polar surface area (TPSA) is 35.0 Å². The van der Waals surface area contributed by atoms with Crippen LogP contribution < -0.4 is 4.74 Å². The third-order valence-electron chi connectivity index (χ3n) is 6.58. The highest BCUT2D eigenvalue weighted by molar-refractivity contribution is 5.35. The van der Waals surface area contributed by atoms with Crippen LogP contribution in [0, 0.1) is 18.3 Å². The molecule has 2 aromatic rings. The van der Waals surface area contributed by atoms with Crippen LogP contribution in [0.1, 0.15) is 72.1 Å². The molecule has 0 aliphatic rings. The summed E-state index contributed by atoms with van der Waals surface area (Å²) in [6.07, 6.45) is 7.85. The molecule has 1 aromatic carbocycles. The third-order valence-corrected chi connectivity index (χ3v) is 6.58. The van der Waals surface area contributed by atoms with Crippen molar-refractivity contribution in [3.8, 4) is 6.01 Å². The van der Waals surface area contributed by atoms with Gasteiger partial charge in [-0.05, 0) is 62.5 Å². The summed E-state index contributed by atoms with van der Waals surface area (Å²) in [5.41, 5.74) is 10.5. The molecule has 2 rings (SSSR count). The predicted octanol–water partition coefficient (Wildman–Crippen LogP) is 8.04. The van der Waals surface area contributed by atoms with Gasteiger partial charge in [0.15, 0.2) is 0 Å². The molecule has 1 heterocycles. The fourth-order valence-corrected chi connectivity index (χ4v) is 3.63. The molecule has 0 bridgehead atoms. The highest BCUT2D eigenvalue weighted by Gasteiger charge is 2.33. The van der Waals surface area contributed by atoms with Gasteiger partial charge in [0.05, 0.1) is 0 Å². The highest BCUT2D eigenvalue weighted by atomic mass is 16.5. The Morgan fingerprint density at radius 2 is 1.53 bits per heavy atom. The molecule has 0 spiro atoms. The summed E-state index contributed by atoms with van der Waals surface area (Å²) < 4.78 is 6.17. The Morgan fingerprint density at radius 1 is 0.971 bits per heavy atom. The van der Waals surface area contributed by atoms with Gasteiger partial charge in [0.2, 0.25) is 0 Å². The highest BCUT2D eigenvalue weighted by Crippen LogP contribution is 2.38. The molecule has 0 saturated heterocycles. The summed E-state index contributed by atoms with van der Waals surface area (Å²) in [4.78, 5) is 9.11. The van der Waals surface area contributed by atoms with Gasteiger partial charge in [0.1, 0.15) is 5.60 Å². The Bertz CT molecular complexity index is 1110. The van der Waals surface area contributed by atoms with Gasteiger partial charge in [0, 0.05) is 23.7 Å². The summed E-state index contributed by atoms with van der Waals surface area (Å²) in [6.45, 7) is 27.3. The zero-order chi connectivity index (χ0) is 25.7. The van der Waals surface area contributed by atoms with Gasteiger partial charge < -0.3 is 4.74 Å². The standard InChI is InChI=1S/C31H40N2O/c1-12-13-14-27(23(3)19-24(4)29(5,6)7)30(8,9)26-20-32-28(33-21-26)34-31(10,11)25-17-15-22(2)16-18-25/h14-21,27H,1,3H2,2,4-11H3/b24-19+. The first-order valence-corrected chi connectivity index (χ1v) is 11.8. The number of hydrogen-bond donors (Lipinski definition) is 0. The van der Waals surface area contributed by atoms with Crippen molar-refractivity contribution in [3.05, 3.63) is 101 Å². The summed E-state index contributed by atoms with van der Waals surface area (Å²) in [7, 11) is 0. The molecule has 1 aromatic heterocycles. The lowest BCUT2D eigenvalue weighted by molar-refractivity contribution is 0.0949. The van der Waals surface area contributed by atoms with Crippen LogP contribution >= 0.6 is 0 Å². The number of rotatable bonds is 8. The van der Waals surface area contributed by atoms with E-state index in [1.54, 1.807) is 0 Å². The Hall–Kier alpha value is -3.12. The summed E-state index contributed by atoms with van der Waals surface area (Å²) in [6, 6.07) is 8.68. The second kappa shape index (κ2) is 10.4. The van der Waals surface area contributed by atoms with E-state index in [1.165, 1.54) is 11.1 Å². The van der Waals surface area contributed by atoms with E-state index in [1.807, 2.05) is 32.3 Å². The Labute approximate surface area is 206 Å². The smallest absolute Gasteiger partial charge is 0.317 e. The van der Waals surface area contributed by atoms with Gasteiger partial charge in [-0.1, -0.05) is 94.1 Å². The maximum absolute atomic E-state index is 6.17. The first-order valence-electron chi connectivity index (χ1n) is 11.8. The lowest BCUT2D eigenvalue weighted by Crippen LogP contribution is -2.29. The minimum absolute atomic E-state index is 0.0292. The molecule has 1 unspecified atom stereocenters. The molecule has 3 nitrogen and oxygen atoms in total. The predicted molar refractivity (Wildman–Crippen MR) is 143 cm³/mol. The van der Waals surface area contributed by atoms with Gasteiger partial charge in [-0.2, -0.15) is 0 Å². The average Bonchev–Trinajstić information content (AvgIpc) is 2.73. The first-order chi connectivity index (χ1) is 15.7. The molecule has 0 aliphatic heterocycles. The third kappa shape index (κ3) is 6.70. The van der Waals surface area contributed by atoms with Gasteiger partial charge in [-0.3, -0.25) is 0 Å². The zero-order valence-electron chi connectivity index (χ0n) is 22.4. The second-order valence-electron chi connectivity index (χ2n) is 11.1. The van der Waals surface area contributed by atoms with Crippen LogP contribution in [0.2, 0.25) is 0 Å². The lowest BCUT2D eigenvalue weighted by atomic mass is 9.70. The normalized spacial score (nSPS) is 13.5. The first kappa shape index (κ1) is 27.1. The van der Waals surface area contributed by atoms with E-state index in [0.29, 0.717) is 6.01 Å². The van der Waals surface area contributed by atoms with E-state index in [-0.39, 0.29) is 16.7 Å². The number of hydrogen-bond acceptors (Lipinski definition) is 3. The lowest BCUT2D eigenvalue weighted by Gasteiger charge is -2.33. The van der Waals surface area contributed by atoms with Crippen LogP contribution in [0.4, 0.5) is 0 Å². The summed E-state index contributed by atoms with van der Waals surface area (Å²) >= 11 is 0. The van der Waals surface area contributed by atoms with Crippen molar-refractivity contribution in [2.75, 3.05) is 0 Å². The SMILES string of the molecule is C=C=C=CC(C(=C)/C=C(\C)C(C)(C)C)C(C)(C)c1cnc(OC(C)(C)c2ccc(C)cc2)nc1. The summed E-state index contributed by atoms with van der Waals surface area (Å²) in [5, 5.41) is 0. The minimum atomic E-state index is -0.547. The fraction of sp³-hybridized carbons (Fsp3) is 0.419. The molecule has 1 atom stereocenters. The van der Waals surface area contributed by atoms with Crippen molar-refractivity contribution in [3.63, 3.8) is 0 Å². The van der Waals surface area contributed by atoms with Crippen LogP contribution in [-0.4, -0.2) is 9.97 Å². The number of allylic oxidation sites excluding steroid dienone is 4. The maximum atomic E-state index is 6.17. The summed E-state index contributed by atoms with van der Waals surface area (Å²) in [5.74, 6) is -0.0292. The number of benzene rings is 1. The van der Waals surface area contributed by atoms with Crippen LogP contribution in [0.25, 0.3) is 0 Å². The van der Waals surface area contributed by atoms with Gasteiger partial charge >= 0.3 is 6.01 Å². The van der Waals surface area contributed by atoms with Crippen molar-refractivity contribution in [1.29, 1.82) is 0 Å². The van der Waals surface area contributed by atoms with Crippen molar-refractivity contribution in [2.45, 2.75) is 73.3 Å². The molecule has 0 fully saturated rings. The number of aryl methyl sites for hydroxylation is 1. The van der Waals surface area contributed by atoms with E-state index in [0.717, 1.165) is 16.7 Å². The Kier molecular flexibility index (Phi) is 8.32. The van der Waals surface area contributed by atoms with E-state index in [9.17, 15) is 0 Å². The van der Waals surface area contributed by atoms with Crippen molar-refractivity contribution in [2.24, 2.45) is 11.3 Å². The molecular formula is C31H40N2O. The van der Waals surface area contributed by atoms with Crippen molar-refractivity contribution < 1.29 is 4.74 Å². The van der Waals surface area contributed by atoms with Gasteiger partial charge in [-0.15, -0.1) is 0 Å². The van der Waals surface area contributed by atoms with E-state index < -0.39 is 5.60 Å². The van der Waals surface area contributed by atoms with Gasteiger partial charge in [0.25, 0.3) is 0 Å². The van der Waals surface area contributed by atoms with E-state index in [4.69, 9.17) is 4.74 Å². The van der Waals surface area contributed by atoms with Gasteiger partial charge in [-0.25, -0.2) is 9.97 Å². The molecule has 0 saturated carbocycles. The quantitative estimate of drug-likeness (QED) is 0.298. The molecule has 3 heteroatoms. The van der Waals surface area contributed by atoms with Crippen LogP contribution in [0.15, 0.2) is 84.6 Å². The van der Waals surface area contributed by atoms with E-state index in [2.05, 4.69) is 113 Å². The molecule has 180 valence electrons. The maximum Gasteiger partial charge on any atom is 0.317 e. The van der Waals surface area contributed by atoms with Crippen LogP contribution in [-0.2, 0) is 11.0 Å². The molecule has 0 radical (unpaired) electrons.